The van der Waals surface area contributed by atoms with E-state index < -0.39 is 5.91 Å². The molecule has 0 spiro atoms. The van der Waals surface area contributed by atoms with Crippen LogP contribution in [0.25, 0.3) is 0 Å². The van der Waals surface area contributed by atoms with Crippen LogP contribution in [-0.4, -0.2) is 35.2 Å². The van der Waals surface area contributed by atoms with Crippen LogP contribution in [0.4, 0.5) is 0 Å². The van der Waals surface area contributed by atoms with Crippen molar-refractivity contribution < 1.29 is 14.4 Å². The first-order chi connectivity index (χ1) is 8.56. The summed E-state index contributed by atoms with van der Waals surface area (Å²) in [5, 5.41) is 5.26. The second-order valence-electron chi connectivity index (χ2n) is 4.38. The van der Waals surface area contributed by atoms with Crippen LogP contribution in [0.5, 0.6) is 0 Å². The van der Waals surface area contributed by atoms with Crippen molar-refractivity contribution in [1.82, 2.24) is 15.6 Å². The summed E-state index contributed by atoms with van der Waals surface area (Å²) in [7, 11) is 0. The van der Waals surface area contributed by atoms with Crippen molar-refractivity contribution in [2.75, 3.05) is 6.54 Å². The molecule has 0 bridgehead atoms. The van der Waals surface area contributed by atoms with Gasteiger partial charge in [-0.2, -0.15) is 0 Å². The van der Waals surface area contributed by atoms with Crippen LogP contribution < -0.4 is 10.6 Å². The van der Waals surface area contributed by atoms with E-state index in [1.165, 1.54) is 19.2 Å². The number of ketones is 1. The molecule has 1 saturated carbocycles. The number of rotatable bonds is 5. The normalized spacial score (nSPS) is 14.1. The minimum Gasteiger partial charge on any atom is -0.356 e. The second kappa shape index (κ2) is 5.03. The zero-order valence-corrected chi connectivity index (χ0v) is 10.1. The highest BCUT2D eigenvalue weighted by Gasteiger charge is 2.23. The van der Waals surface area contributed by atoms with E-state index in [0.29, 0.717) is 5.56 Å². The number of hydrogen-bond acceptors (Lipinski definition) is 3. The van der Waals surface area contributed by atoms with Crippen LogP contribution in [-0.2, 0) is 4.79 Å². The SMILES string of the molecule is CC(=O)c1c[nH]c(C(=O)NCC(=O)NC2CC2)c1. The van der Waals surface area contributed by atoms with Gasteiger partial charge in [-0.3, -0.25) is 14.4 Å². The van der Waals surface area contributed by atoms with Gasteiger partial charge in [0.15, 0.2) is 5.78 Å². The summed E-state index contributed by atoms with van der Waals surface area (Å²) in [6.45, 7) is 1.37. The molecule has 0 radical (unpaired) electrons. The monoisotopic (exact) mass is 249 g/mol. The average Bonchev–Trinajstić information content (AvgIpc) is 2.98. The first-order valence-electron chi connectivity index (χ1n) is 5.83. The largest absolute Gasteiger partial charge is 0.356 e. The minimum atomic E-state index is -0.395. The summed E-state index contributed by atoms with van der Waals surface area (Å²) in [5.41, 5.74) is 0.724. The molecular weight excluding hydrogens is 234 g/mol. The van der Waals surface area contributed by atoms with Crippen molar-refractivity contribution in [1.29, 1.82) is 0 Å². The molecule has 0 atom stereocenters. The summed E-state index contributed by atoms with van der Waals surface area (Å²) in [6.07, 6.45) is 3.50. The molecular formula is C12H15N3O3. The maximum absolute atomic E-state index is 11.7. The molecule has 3 N–H and O–H groups in total. The third-order valence-corrected chi connectivity index (χ3v) is 2.69. The molecule has 6 nitrogen and oxygen atoms in total. The van der Waals surface area contributed by atoms with Gasteiger partial charge in [0, 0.05) is 17.8 Å². The first-order valence-corrected chi connectivity index (χ1v) is 5.83. The fourth-order valence-corrected chi connectivity index (χ4v) is 1.49. The molecule has 96 valence electrons. The van der Waals surface area contributed by atoms with Gasteiger partial charge in [-0.15, -0.1) is 0 Å². The number of hydrogen-bond donors (Lipinski definition) is 3. The Bertz CT molecular complexity index is 489. The van der Waals surface area contributed by atoms with E-state index in [2.05, 4.69) is 15.6 Å². The average molecular weight is 249 g/mol. The summed E-state index contributed by atoms with van der Waals surface area (Å²) in [5.74, 6) is -0.700. The van der Waals surface area contributed by atoms with E-state index in [1.54, 1.807) is 0 Å². The molecule has 0 saturated heterocycles. The van der Waals surface area contributed by atoms with Crippen molar-refractivity contribution in [3.05, 3.63) is 23.5 Å². The van der Waals surface area contributed by atoms with Gasteiger partial charge >= 0.3 is 0 Å². The highest BCUT2D eigenvalue weighted by Crippen LogP contribution is 2.18. The lowest BCUT2D eigenvalue weighted by Gasteiger charge is -2.04. The van der Waals surface area contributed by atoms with Crippen LogP contribution in [0.3, 0.4) is 0 Å². The molecule has 1 heterocycles. The Morgan fingerprint density at radius 2 is 2.11 bits per heavy atom. The number of carbonyl (C=O) groups excluding carboxylic acids is 3. The summed E-state index contributed by atoms with van der Waals surface area (Å²) < 4.78 is 0. The number of Topliss-reactive ketones (excluding diaryl/α,β-unsaturated/α-hetero) is 1. The Labute approximate surface area is 104 Å². The van der Waals surface area contributed by atoms with Gasteiger partial charge in [0.25, 0.3) is 5.91 Å². The highest BCUT2D eigenvalue weighted by atomic mass is 16.2. The van der Waals surface area contributed by atoms with Crippen LogP contribution in [0.1, 0.15) is 40.6 Å². The predicted molar refractivity (Wildman–Crippen MR) is 64.3 cm³/mol. The number of H-pyrrole nitrogens is 1. The zero-order valence-electron chi connectivity index (χ0n) is 10.1. The molecule has 1 aromatic heterocycles. The van der Waals surface area contributed by atoms with Crippen LogP contribution >= 0.6 is 0 Å². The maximum atomic E-state index is 11.7. The van der Waals surface area contributed by atoms with Gasteiger partial charge in [0.05, 0.1) is 6.54 Å². The number of nitrogens with one attached hydrogen (secondary N) is 3. The Morgan fingerprint density at radius 3 is 2.67 bits per heavy atom. The van der Waals surface area contributed by atoms with E-state index in [4.69, 9.17) is 0 Å². The van der Waals surface area contributed by atoms with E-state index in [1.807, 2.05) is 0 Å². The van der Waals surface area contributed by atoms with Crippen LogP contribution in [0.15, 0.2) is 12.3 Å². The fourth-order valence-electron chi connectivity index (χ4n) is 1.49. The maximum Gasteiger partial charge on any atom is 0.268 e. The summed E-state index contributed by atoms with van der Waals surface area (Å²) in [4.78, 5) is 36.8. The minimum absolute atomic E-state index is 0.0518. The van der Waals surface area contributed by atoms with Crippen molar-refractivity contribution in [3.8, 4) is 0 Å². The summed E-state index contributed by atoms with van der Waals surface area (Å²) >= 11 is 0. The van der Waals surface area contributed by atoms with Crippen LogP contribution in [0, 0.1) is 0 Å². The fraction of sp³-hybridized carbons (Fsp3) is 0.417. The molecule has 2 amide bonds. The smallest absolute Gasteiger partial charge is 0.268 e. The van der Waals surface area contributed by atoms with E-state index >= 15 is 0 Å². The molecule has 18 heavy (non-hydrogen) atoms. The number of amides is 2. The van der Waals surface area contributed by atoms with E-state index in [9.17, 15) is 14.4 Å². The second-order valence-corrected chi connectivity index (χ2v) is 4.38. The molecule has 6 heteroatoms. The van der Waals surface area contributed by atoms with Crippen molar-refractivity contribution in [2.45, 2.75) is 25.8 Å². The van der Waals surface area contributed by atoms with Crippen molar-refractivity contribution in [2.24, 2.45) is 0 Å². The molecule has 0 aliphatic heterocycles. The molecule has 1 fully saturated rings. The first kappa shape index (κ1) is 12.3. The third-order valence-electron chi connectivity index (χ3n) is 2.69. The van der Waals surface area contributed by atoms with E-state index in [-0.39, 0.29) is 30.0 Å². The number of aromatic nitrogens is 1. The van der Waals surface area contributed by atoms with E-state index in [0.717, 1.165) is 12.8 Å². The van der Waals surface area contributed by atoms with Gasteiger partial charge < -0.3 is 15.6 Å². The van der Waals surface area contributed by atoms with Crippen LogP contribution in [0.2, 0.25) is 0 Å². The molecule has 1 aliphatic carbocycles. The van der Waals surface area contributed by atoms with Gasteiger partial charge in [-0.1, -0.05) is 0 Å². The third kappa shape index (κ3) is 3.19. The Kier molecular flexibility index (Phi) is 3.45. The van der Waals surface area contributed by atoms with Crippen molar-refractivity contribution in [3.63, 3.8) is 0 Å². The lowest BCUT2D eigenvalue weighted by atomic mass is 10.2. The van der Waals surface area contributed by atoms with Crippen molar-refractivity contribution >= 4 is 17.6 Å². The molecule has 1 aliphatic rings. The zero-order chi connectivity index (χ0) is 13.1. The number of aromatic amines is 1. The van der Waals surface area contributed by atoms with Gasteiger partial charge in [0.1, 0.15) is 5.69 Å². The standard InChI is InChI=1S/C12H15N3O3/c1-7(16)8-4-10(13-5-8)12(18)14-6-11(17)15-9-2-3-9/h4-5,9,13H,2-3,6H2,1H3,(H,14,18)(H,15,17). The van der Waals surface area contributed by atoms with Gasteiger partial charge in [-0.25, -0.2) is 0 Å². The Balaban J connectivity index is 1.82. The summed E-state index contributed by atoms with van der Waals surface area (Å²) in [6, 6.07) is 1.75. The molecule has 0 unspecified atom stereocenters. The number of carbonyl (C=O) groups is 3. The Hall–Kier alpha value is -2.11. The molecule has 0 aromatic carbocycles. The quantitative estimate of drug-likeness (QED) is 0.652. The lowest BCUT2D eigenvalue weighted by molar-refractivity contribution is -0.120. The molecule has 2 rings (SSSR count). The van der Waals surface area contributed by atoms with Gasteiger partial charge in [0.2, 0.25) is 5.91 Å². The predicted octanol–water partition coefficient (Wildman–Crippen LogP) is 0.226. The lowest BCUT2D eigenvalue weighted by Crippen LogP contribution is -2.37. The highest BCUT2D eigenvalue weighted by molar-refractivity contribution is 5.99. The Morgan fingerprint density at radius 1 is 1.39 bits per heavy atom. The topological polar surface area (TPSA) is 91.1 Å². The molecule has 1 aromatic rings. The van der Waals surface area contributed by atoms with Gasteiger partial charge in [-0.05, 0) is 25.8 Å².